The van der Waals surface area contributed by atoms with Crippen LogP contribution in [-0.2, 0) is 9.05 Å². The summed E-state index contributed by atoms with van der Waals surface area (Å²) in [4.78, 5) is 12.2. The van der Waals surface area contributed by atoms with E-state index < -0.39 is 9.05 Å². The highest BCUT2D eigenvalue weighted by Crippen LogP contribution is 2.28. The van der Waals surface area contributed by atoms with Gasteiger partial charge in [0.05, 0.1) is 4.90 Å². The molecule has 0 aliphatic heterocycles. The summed E-state index contributed by atoms with van der Waals surface area (Å²) in [6.07, 6.45) is 5.42. The van der Waals surface area contributed by atoms with Crippen molar-refractivity contribution in [2.24, 2.45) is 0 Å². The van der Waals surface area contributed by atoms with Gasteiger partial charge in [0.15, 0.2) is 0 Å². The van der Waals surface area contributed by atoms with Gasteiger partial charge in [0.1, 0.15) is 0 Å². The minimum Gasteiger partial charge on any atom is -0.347 e. The van der Waals surface area contributed by atoms with Crippen molar-refractivity contribution in [3.05, 3.63) is 29.8 Å². The number of halogens is 1. The molecule has 0 aromatic heterocycles. The molecule has 1 aromatic rings. The van der Waals surface area contributed by atoms with Crippen LogP contribution < -0.4 is 5.32 Å². The summed E-state index contributed by atoms with van der Waals surface area (Å²) in [6.45, 7) is 2.06. The maximum absolute atomic E-state index is 12.2. The van der Waals surface area contributed by atoms with Gasteiger partial charge in [0.25, 0.3) is 15.0 Å². The smallest absolute Gasteiger partial charge is 0.261 e. The molecule has 2 rings (SSSR count). The van der Waals surface area contributed by atoms with Gasteiger partial charge >= 0.3 is 0 Å². The molecule has 0 unspecified atom stereocenters. The van der Waals surface area contributed by atoms with Crippen molar-refractivity contribution < 1.29 is 13.2 Å². The molecule has 6 heteroatoms. The van der Waals surface area contributed by atoms with Crippen molar-refractivity contribution in [1.82, 2.24) is 5.32 Å². The van der Waals surface area contributed by atoms with Crippen LogP contribution in [0.15, 0.2) is 29.2 Å². The molecule has 0 saturated heterocycles. The van der Waals surface area contributed by atoms with Crippen molar-refractivity contribution in [2.45, 2.75) is 49.5 Å². The fraction of sp³-hybridized carbons (Fsp3) is 0.500. The SMILES string of the molecule is CC1(NC(=O)c2ccc(S(=O)(=O)Cl)cc2)CCCCC1. The minimum absolute atomic E-state index is 0.000375. The van der Waals surface area contributed by atoms with E-state index in [0.717, 1.165) is 25.7 Å². The fourth-order valence-electron chi connectivity index (χ4n) is 2.57. The topological polar surface area (TPSA) is 63.2 Å². The van der Waals surface area contributed by atoms with Gasteiger partial charge in [0.2, 0.25) is 0 Å². The number of amides is 1. The standard InChI is InChI=1S/C14H18ClNO3S/c1-14(9-3-2-4-10-14)16-13(17)11-5-7-12(8-6-11)20(15,18)19/h5-8H,2-4,9-10H2,1H3,(H,16,17). The number of hydrogen-bond acceptors (Lipinski definition) is 3. The fourth-order valence-corrected chi connectivity index (χ4v) is 3.34. The lowest BCUT2D eigenvalue weighted by atomic mass is 9.83. The minimum atomic E-state index is -3.74. The second-order valence-electron chi connectivity index (χ2n) is 5.54. The van der Waals surface area contributed by atoms with Crippen LogP contribution in [0, 0.1) is 0 Å². The first-order chi connectivity index (χ1) is 9.30. The molecule has 0 heterocycles. The summed E-state index contributed by atoms with van der Waals surface area (Å²) < 4.78 is 22.3. The van der Waals surface area contributed by atoms with Crippen LogP contribution in [0.5, 0.6) is 0 Å². The van der Waals surface area contributed by atoms with Crippen LogP contribution in [0.25, 0.3) is 0 Å². The van der Waals surface area contributed by atoms with Crippen molar-refractivity contribution >= 4 is 25.6 Å². The van der Waals surface area contributed by atoms with Crippen LogP contribution in [0.2, 0.25) is 0 Å². The Hall–Kier alpha value is -1.07. The van der Waals surface area contributed by atoms with Gasteiger partial charge in [-0.05, 0) is 44.0 Å². The number of hydrogen-bond donors (Lipinski definition) is 1. The van der Waals surface area contributed by atoms with E-state index in [4.69, 9.17) is 10.7 Å². The first-order valence-corrected chi connectivity index (χ1v) is 8.98. The van der Waals surface area contributed by atoms with Crippen LogP contribution in [0.1, 0.15) is 49.4 Å². The molecule has 1 N–H and O–H groups in total. The maximum atomic E-state index is 12.2. The van der Waals surface area contributed by atoms with Crippen molar-refractivity contribution in [2.75, 3.05) is 0 Å². The summed E-state index contributed by atoms with van der Waals surface area (Å²) in [5.41, 5.74) is 0.285. The normalized spacial score (nSPS) is 18.5. The molecule has 1 aliphatic rings. The van der Waals surface area contributed by atoms with Gasteiger partial charge in [-0.1, -0.05) is 19.3 Å². The molecule has 1 fully saturated rings. The number of nitrogens with one attached hydrogen (secondary N) is 1. The molecule has 4 nitrogen and oxygen atoms in total. The van der Waals surface area contributed by atoms with Gasteiger partial charge in [-0.15, -0.1) is 0 Å². The summed E-state index contributed by atoms with van der Waals surface area (Å²) in [5, 5.41) is 3.05. The highest BCUT2D eigenvalue weighted by atomic mass is 35.7. The van der Waals surface area contributed by atoms with Gasteiger partial charge in [-0.25, -0.2) is 8.42 Å². The van der Waals surface area contributed by atoms with E-state index in [1.807, 2.05) is 0 Å². The van der Waals surface area contributed by atoms with Crippen LogP contribution in [0.4, 0.5) is 0 Å². The average molecular weight is 316 g/mol. The van der Waals surface area contributed by atoms with Crippen molar-refractivity contribution in [3.8, 4) is 0 Å². The van der Waals surface area contributed by atoms with E-state index in [2.05, 4.69) is 12.2 Å². The predicted molar refractivity (Wildman–Crippen MR) is 78.4 cm³/mol. The summed E-state index contributed by atoms with van der Waals surface area (Å²) in [5.74, 6) is -0.173. The van der Waals surface area contributed by atoms with E-state index >= 15 is 0 Å². The summed E-state index contributed by atoms with van der Waals surface area (Å²) >= 11 is 0. The highest BCUT2D eigenvalue weighted by molar-refractivity contribution is 8.13. The van der Waals surface area contributed by atoms with Gasteiger partial charge < -0.3 is 5.32 Å². The second-order valence-corrected chi connectivity index (χ2v) is 8.10. The quantitative estimate of drug-likeness (QED) is 0.872. The van der Waals surface area contributed by atoms with Gasteiger partial charge in [-0.2, -0.15) is 0 Å². The zero-order chi connectivity index (χ0) is 14.8. The van der Waals surface area contributed by atoms with Crippen LogP contribution in [0.3, 0.4) is 0 Å². The molecule has 20 heavy (non-hydrogen) atoms. The molecule has 1 saturated carbocycles. The van der Waals surface area contributed by atoms with Crippen molar-refractivity contribution in [1.29, 1.82) is 0 Å². The molecule has 1 amide bonds. The van der Waals surface area contributed by atoms with Gasteiger partial charge in [0, 0.05) is 21.8 Å². The third-order valence-electron chi connectivity index (χ3n) is 3.77. The molecule has 0 radical (unpaired) electrons. The van der Waals surface area contributed by atoms with E-state index in [1.54, 1.807) is 0 Å². The Morgan fingerprint density at radius 3 is 2.20 bits per heavy atom. The van der Waals surface area contributed by atoms with E-state index in [1.165, 1.54) is 30.7 Å². The number of carbonyl (C=O) groups excluding carboxylic acids is 1. The van der Waals surface area contributed by atoms with E-state index in [-0.39, 0.29) is 16.3 Å². The number of benzene rings is 1. The number of rotatable bonds is 3. The Bertz CT molecular complexity index is 589. The summed E-state index contributed by atoms with van der Waals surface area (Å²) in [7, 11) is 1.50. The van der Waals surface area contributed by atoms with Crippen LogP contribution >= 0.6 is 10.7 Å². The Morgan fingerprint density at radius 2 is 1.70 bits per heavy atom. The zero-order valence-corrected chi connectivity index (χ0v) is 12.9. The van der Waals surface area contributed by atoms with E-state index in [9.17, 15) is 13.2 Å². The third kappa shape index (κ3) is 3.73. The Kier molecular flexibility index (Phi) is 4.39. The average Bonchev–Trinajstić information content (AvgIpc) is 2.38. The molecule has 110 valence electrons. The zero-order valence-electron chi connectivity index (χ0n) is 11.4. The lowest BCUT2D eigenvalue weighted by Crippen LogP contribution is -2.47. The lowest BCUT2D eigenvalue weighted by molar-refractivity contribution is 0.0882. The number of carbonyl (C=O) groups is 1. The maximum Gasteiger partial charge on any atom is 0.261 e. The van der Waals surface area contributed by atoms with Crippen LogP contribution in [-0.4, -0.2) is 19.9 Å². The molecule has 1 aromatic carbocycles. The molecule has 0 bridgehead atoms. The Balaban J connectivity index is 2.09. The summed E-state index contributed by atoms with van der Waals surface area (Å²) in [6, 6.07) is 5.66. The molecular formula is C14H18ClNO3S. The molecular weight excluding hydrogens is 298 g/mol. The Labute approximate surface area is 123 Å². The highest BCUT2D eigenvalue weighted by Gasteiger charge is 2.28. The molecule has 0 spiro atoms. The second kappa shape index (κ2) is 5.74. The van der Waals surface area contributed by atoms with Crippen molar-refractivity contribution in [3.63, 3.8) is 0 Å². The molecule has 1 aliphatic carbocycles. The first kappa shape index (κ1) is 15.3. The lowest BCUT2D eigenvalue weighted by Gasteiger charge is -2.34. The van der Waals surface area contributed by atoms with Gasteiger partial charge in [-0.3, -0.25) is 4.79 Å². The third-order valence-corrected chi connectivity index (χ3v) is 5.14. The van der Waals surface area contributed by atoms with E-state index in [0.29, 0.717) is 5.56 Å². The first-order valence-electron chi connectivity index (χ1n) is 6.67. The molecule has 0 atom stereocenters. The largest absolute Gasteiger partial charge is 0.347 e. The monoisotopic (exact) mass is 315 g/mol. The Morgan fingerprint density at radius 1 is 1.15 bits per heavy atom. The predicted octanol–water partition coefficient (Wildman–Crippen LogP) is 3.07.